The van der Waals surface area contributed by atoms with E-state index in [0.717, 1.165) is 29.5 Å². The fourth-order valence-corrected chi connectivity index (χ4v) is 4.88. The lowest BCUT2D eigenvalue weighted by molar-refractivity contribution is 0.0903. The van der Waals surface area contributed by atoms with Crippen molar-refractivity contribution in [2.75, 3.05) is 30.5 Å². The lowest BCUT2D eigenvalue weighted by atomic mass is 10.0. The maximum absolute atomic E-state index is 13.2. The predicted molar refractivity (Wildman–Crippen MR) is 122 cm³/mol. The minimum Gasteiger partial charge on any atom is -0.480 e. The number of morpholine rings is 1. The molecule has 5 rings (SSSR count). The number of benzene rings is 1. The molecule has 3 atom stereocenters. The second kappa shape index (κ2) is 8.70. The summed E-state index contributed by atoms with van der Waals surface area (Å²) in [6.07, 6.45) is -0.371. The number of alkyl halides is 2. The number of rotatable bonds is 6. The summed E-state index contributed by atoms with van der Waals surface area (Å²) in [5, 5.41) is 12.8. The fourth-order valence-electron chi connectivity index (χ4n) is 4.88. The summed E-state index contributed by atoms with van der Waals surface area (Å²) < 4.78 is 37.8. The smallest absolute Gasteiger partial charge is 0.263 e. The van der Waals surface area contributed by atoms with Gasteiger partial charge >= 0.3 is 0 Å². The zero-order valence-electron chi connectivity index (χ0n) is 18.9. The Hall–Kier alpha value is -3.07. The van der Waals surface area contributed by atoms with Crippen LogP contribution in [0.5, 0.6) is 5.88 Å². The molecule has 7 nitrogen and oxygen atoms in total. The first-order valence-corrected chi connectivity index (χ1v) is 11.2. The first-order valence-electron chi connectivity index (χ1n) is 11.2. The highest BCUT2D eigenvalue weighted by atomic mass is 19.3. The number of hydrogen-bond acceptors (Lipinski definition) is 7. The first-order chi connectivity index (χ1) is 16.0. The summed E-state index contributed by atoms with van der Waals surface area (Å²) in [6, 6.07) is 8.81. The minimum absolute atomic E-state index is 0.00233. The Morgan fingerprint density at radius 2 is 1.85 bits per heavy atom. The van der Waals surface area contributed by atoms with E-state index in [0.29, 0.717) is 48.2 Å². The summed E-state index contributed by atoms with van der Waals surface area (Å²) in [5.74, 6) is 1.11. The number of pyridine rings is 1. The minimum atomic E-state index is -2.51. The van der Waals surface area contributed by atoms with Gasteiger partial charge in [0.1, 0.15) is 11.2 Å². The number of methoxy groups -OCH3 is 1. The number of nitrogens with one attached hydrogen (secondary N) is 1. The molecule has 2 aromatic heterocycles. The highest BCUT2D eigenvalue weighted by Gasteiger charge is 2.39. The Kier molecular flexibility index (Phi) is 5.74. The number of fused-ring (bicyclic) bond motifs is 3. The fraction of sp³-hybridized carbons (Fsp3) is 0.458. The molecule has 0 aliphatic carbocycles. The highest BCUT2D eigenvalue weighted by Crippen LogP contribution is 2.41. The van der Waals surface area contributed by atoms with E-state index < -0.39 is 6.43 Å². The van der Waals surface area contributed by atoms with Crippen molar-refractivity contribution in [3.63, 3.8) is 0 Å². The first kappa shape index (κ1) is 21.8. The van der Waals surface area contributed by atoms with Crippen molar-refractivity contribution in [3.8, 4) is 5.88 Å². The molecule has 2 aliphatic rings. The molecule has 2 fully saturated rings. The van der Waals surface area contributed by atoms with Gasteiger partial charge in [0.15, 0.2) is 5.82 Å². The van der Waals surface area contributed by atoms with Gasteiger partial charge in [0, 0.05) is 10.9 Å². The zero-order valence-corrected chi connectivity index (χ0v) is 18.9. The van der Waals surface area contributed by atoms with Crippen LogP contribution in [0.25, 0.3) is 10.9 Å². The van der Waals surface area contributed by atoms with Crippen LogP contribution in [0.2, 0.25) is 0 Å². The number of aryl methyl sites for hydroxylation is 1. The molecule has 9 heteroatoms. The van der Waals surface area contributed by atoms with Gasteiger partial charge in [-0.1, -0.05) is 18.2 Å². The van der Waals surface area contributed by atoms with Gasteiger partial charge in [0.2, 0.25) is 5.88 Å². The van der Waals surface area contributed by atoms with Crippen LogP contribution in [-0.4, -0.2) is 47.6 Å². The number of halogens is 2. The number of aromatic nitrogens is 3. The Bertz CT molecular complexity index is 1160. The number of nitrogens with zero attached hydrogens (tertiary/aromatic N) is 4. The average Bonchev–Trinajstić information content (AvgIpc) is 3.07. The third-order valence-corrected chi connectivity index (χ3v) is 6.59. The Morgan fingerprint density at radius 1 is 1.12 bits per heavy atom. The van der Waals surface area contributed by atoms with Gasteiger partial charge in [0.25, 0.3) is 6.43 Å². The van der Waals surface area contributed by atoms with Gasteiger partial charge in [-0.15, -0.1) is 5.10 Å². The third kappa shape index (κ3) is 3.94. The largest absolute Gasteiger partial charge is 0.480 e. The molecule has 0 spiro atoms. The predicted octanol–water partition coefficient (Wildman–Crippen LogP) is 4.82. The van der Waals surface area contributed by atoms with Crippen molar-refractivity contribution in [3.05, 3.63) is 47.2 Å². The van der Waals surface area contributed by atoms with Crippen LogP contribution in [0, 0.1) is 6.92 Å². The summed E-state index contributed by atoms with van der Waals surface area (Å²) in [7, 11) is 1.63. The molecule has 2 saturated heterocycles. The van der Waals surface area contributed by atoms with E-state index in [4.69, 9.17) is 14.5 Å². The topological polar surface area (TPSA) is 72.4 Å². The monoisotopic (exact) mass is 455 g/mol. The highest BCUT2D eigenvalue weighted by molar-refractivity contribution is 5.94. The third-order valence-electron chi connectivity index (χ3n) is 6.59. The van der Waals surface area contributed by atoms with Crippen LogP contribution >= 0.6 is 0 Å². The number of hydrogen-bond donors (Lipinski definition) is 1. The molecule has 0 saturated carbocycles. The van der Waals surface area contributed by atoms with Crippen LogP contribution in [0.1, 0.15) is 49.1 Å². The molecule has 4 heterocycles. The van der Waals surface area contributed by atoms with Crippen molar-refractivity contribution in [1.29, 1.82) is 0 Å². The molecule has 174 valence electrons. The van der Waals surface area contributed by atoms with Gasteiger partial charge in [-0.25, -0.2) is 13.8 Å². The van der Waals surface area contributed by atoms with Crippen LogP contribution < -0.4 is 15.0 Å². The molecule has 0 amide bonds. The summed E-state index contributed by atoms with van der Waals surface area (Å²) in [6.45, 7) is 5.15. The standard InChI is InChI=1S/C24H27F2N5O2/c1-13(15-5-4-6-16(9-15)22(25)26)27-23-19-10-20(31-17-7-8-18(31)12-33-11-17)24(32-3)28-21(19)14(2)29-30-23/h4-6,9-10,13,17-18,22H,7-8,11-12H2,1-3H3,(H,27,30)/t13-,17?,18?/m1/s1. The molecular weight excluding hydrogens is 428 g/mol. The summed E-state index contributed by atoms with van der Waals surface area (Å²) in [4.78, 5) is 7.16. The molecule has 2 aliphatic heterocycles. The average molecular weight is 456 g/mol. The van der Waals surface area contributed by atoms with E-state index >= 15 is 0 Å². The Labute approximate surface area is 191 Å². The Morgan fingerprint density at radius 3 is 2.55 bits per heavy atom. The molecule has 3 aromatic rings. The SMILES string of the molecule is COc1nc2c(C)nnc(N[C@H](C)c3cccc(C(F)F)c3)c2cc1N1C2CCC1COC2. The summed E-state index contributed by atoms with van der Waals surface area (Å²) >= 11 is 0. The van der Waals surface area contributed by atoms with Crippen molar-refractivity contribution < 1.29 is 18.3 Å². The van der Waals surface area contributed by atoms with Gasteiger partial charge in [-0.05, 0) is 44.4 Å². The van der Waals surface area contributed by atoms with E-state index in [1.54, 1.807) is 13.2 Å². The molecule has 2 bridgehead atoms. The van der Waals surface area contributed by atoms with Crippen LogP contribution in [0.3, 0.4) is 0 Å². The van der Waals surface area contributed by atoms with Gasteiger partial charge in [-0.3, -0.25) is 0 Å². The zero-order chi connectivity index (χ0) is 23.1. The van der Waals surface area contributed by atoms with Crippen LogP contribution in [0.4, 0.5) is 20.3 Å². The molecule has 2 unspecified atom stereocenters. The molecule has 1 N–H and O–H groups in total. The van der Waals surface area contributed by atoms with Crippen molar-refractivity contribution in [2.24, 2.45) is 0 Å². The van der Waals surface area contributed by atoms with E-state index in [2.05, 4.69) is 26.5 Å². The molecule has 0 radical (unpaired) electrons. The number of ether oxygens (including phenoxy) is 2. The normalized spacial score (nSPS) is 21.0. The van der Waals surface area contributed by atoms with Gasteiger partial charge in [-0.2, -0.15) is 5.10 Å². The van der Waals surface area contributed by atoms with E-state index in [9.17, 15) is 8.78 Å². The van der Waals surface area contributed by atoms with Crippen LogP contribution in [0.15, 0.2) is 30.3 Å². The second-order valence-corrected chi connectivity index (χ2v) is 8.71. The Balaban J connectivity index is 1.56. The van der Waals surface area contributed by atoms with Crippen LogP contribution in [-0.2, 0) is 4.74 Å². The second-order valence-electron chi connectivity index (χ2n) is 8.71. The summed E-state index contributed by atoms with van der Waals surface area (Å²) in [5.41, 5.74) is 3.05. The van der Waals surface area contributed by atoms with Crippen molar-refractivity contribution in [2.45, 2.75) is 51.2 Å². The lowest BCUT2D eigenvalue weighted by Crippen LogP contribution is -2.46. The molecule has 1 aromatic carbocycles. The number of anilines is 2. The van der Waals surface area contributed by atoms with Gasteiger partial charge in [0.05, 0.1) is 44.1 Å². The maximum Gasteiger partial charge on any atom is 0.263 e. The van der Waals surface area contributed by atoms with Gasteiger partial charge < -0.3 is 19.7 Å². The van der Waals surface area contributed by atoms with E-state index in [-0.39, 0.29) is 11.6 Å². The lowest BCUT2D eigenvalue weighted by Gasteiger charge is -2.37. The van der Waals surface area contributed by atoms with E-state index in [1.807, 2.05) is 19.9 Å². The van der Waals surface area contributed by atoms with Crippen molar-refractivity contribution >= 4 is 22.4 Å². The van der Waals surface area contributed by atoms with E-state index in [1.165, 1.54) is 12.1 Å². The maximum atomic E-state index is 13.2. The molecule has 33 heavy (non-hydrogen) atoms. The van der Waals surface area contributed by atoms with Crippen molar-refractivity contribution in [1.82, 2.24) is 15.2 Å². The quantitative estimate of drug-likeness (QED) is 0.571. The molecular formula is C24H27F2N5O2.